The molecule has 7 heteroatoms. The van der Waals surface area contributed by atoms with Gasteiger partial charge in [0.15, 0.2) is 0 Å². The smallest absolute Gasteiger partial charge is 0.309 e. The van der Waals surface area contributed by atoms with Crippen molar-refractivity contribution in [3.8, 4) is 0 Å². The summed E-state index contributed by atoms with van der Waals surface area (Å²) >= 11 is 5.78. The molecule has 1 rings (SSSR count). The molecule has 5 nitrogen and oxygen atoms in total. The van der Waals surface area contributed by atoms with Crippen molar-refractivity contribution in [1.82, 2.24) is 4.31 Å². The molecule has 0 aromatic heterocycles. The maximum atomic E-state index is 12.2. The third-order valence-electron chi connectivity index (χ3n) is 2.64. The SMILES string of the molecule is COC(=O)C(C)CN(C)S(=O)(=O)c1cccc(Cl)c1. The lowest BCUT2D eigenvalue weighted by atomic mass is 10.2. The van der Waals surface area contributed by atoms with E-state index in [0.29, 0.717) is 5.02 Å². The van der Waals surface area contributed by atoms with Crippen molar-refractivity contribution in [2.24, 2.45) is 5.92 Å². The van der Waals surface area contributed by atoms with E-state index >= 15 is 0 Å². The van der Waals surface area contributed by atoms with E-state index in [-0.39, 0.29) is 11.4 Å². The van der Waals surface area contributed by atoms with Crippen molar-refractivity contribution >= 4 is 27.6 Å². The highest BCUT2D eigenvalue weighted by Crippen LogP contribution is 2.19. The van der Waals surface area contributed by atoms with Crippen LogP contribution in [-0.2, 0) is 19.6 Å². The van der Waals surface area contributed by atoms with Gasteiger partial charge in [-0.3, -0.25) is 4.79 Å². The minimum absolute atomic E-state index is 0.0432. The highest BCUT2D eigenvalue weighted by molar-refractivity contribution is 7.89. The summed E-state index contributed by atoms with van der Waals surface area (Å²) in [6.07, 6.45) is 0. The molecule has 0 amide bonds. The summed E-state index contributed by atoms with van der Waals surface area (Å²) in [7, 11) is -0.977. The highest BCUT2D eigenvalue weighted by Gasteiger charge is 2.25. The summed E-state index contributed by atoms with van der Waals surface area (Å²) in [6.45, 7) is 1.65. The number of hydrogen-bond acceptors (Lipinski definition) is 4. The first kappa shape index (κ1) is 15.9. The van der Waals surface area contributed by atoms with Gasteiger partial charge in [0.2, 0.25) is 10.0 Å². The van der Waals surface area contributed by atoms with Gasteiger partial charge in [-0.05, 0) is 18.2 Å². The molecule has 106 valence electrons. The number of rotatable bonds is 5. The van der Waals surface area contributed by atoms with Gasteiger partial charge in [-0.1, -0.05) is 24.6 Å². The molecule has 1 unspecified atom stereocenters. The largest absolute Gasteiger partial charge is 0.469 e. The van der Waals surface area contributed by atoms with E-state index in [0.717, 1.165) is 4.31 Å². The number of esters is 1. The standard InChI is InChI=1S/C12H16ClNO4S/c1-9(12(15)18-3)8-14(2)19(16,17)11-6-4-5-10(13)7-11/h4-7,9H,8H2,1-3H3. The zero-order valence-corrected chi connectivity index (χ0v) is 12.5. The average Bonchev–Trinajstić information content (AvgIpc) is 2.37. The maximum Gasteiger partial charge on any atom is 0.309 e. The van der Waals surface area contributed by atoms with Crippen LogP contribution in [0.25, 0.3) is 0 Å². The fourth-order valence-electron chi connectivity index (χ4n) is 1.57. The summed E-state index contributed by atoms with van der Waals surface area (Å²) in [5, 5.41) is 0.343. The van der Waals surface area contributed by atoms with Crippen LogP contribution < -0.4 is 0 Å². The van der Waals surface area contributed by atoms with Gasteiger partial charge in [0.1, 0.15) is 0 Å². The molecule has 0 N–H and O–H groups in total. The van der Waals surface area contributed by atoms with Crippen molar-refractivity contribution in [1.29, 1.82) is 0 Å². The number of halogens is 1. The fourth-order valence-corrected chi connectivity index (χ4v) is 3.13. The zero-order valence-electron chi connectivity index (χ0n) is 11.0. The topological polar surface area (TPSA) is 63.7 Å². The molecular weight excluding hydrogens is 290 g/mol. The second kappa shape index (κ2) is 6.36. The highest BCUT2D eigenvalue weighted by atomic mass is 35.5. The fraction of sp³-hybridized carbons (Fsp3) is 0.417. The van der Waals surface area contributed by atoms with E-state index in [2.05, 4.69) is 4.74 Å². The first-order valence-corrected chi connectivity index (χ1v) is 7.40. The lowest BCUT2D eigenvalue weighted by Gasteiger charge is -2.20. The van der Waals surface area contributed by atoms with Gasteiger partial charge in [0.25, 0.3) is 0 Å². The van der Waals surface area contributed by atoms with Crippen molar-refractivity contribution in [2.45, 2.75) is 11.8 Å². The number of carbonyl (C=O) groups is 1. The van der Waals surface area contributed by atoms with Crippen molar-refractivity contribution in [3.63, 3.8) is 0 Å². The number of methoxy groups -OCH3 is 1. The quantitative estimate of drug-likeness (QED) is 0.778. The van der Waals surface area contributed by atoms with Gasteiger partial charge in [-0.2, -0.15) is 0 Å². The van der Waals surface area contributed by atoms with E-state index in [9.17, 15) is 13.2 Å². The zero-order chi connectivity index (χ0) is 14.6. The molecule has 0 aliphatic rings. The van der Waals surface area contributed by atoms with E-state index in [1.54, 1.807) is 19.1 Å². The van der Waals surface area contributed by atoms with Crippen LogP contribution >= 0.6 is 11.6 Å². The van der Waals surface area contributed by atoms with Crippen LogP contribution in [0.15, 0.2) is 29.2 Å². The Bertz CT molecular complexity index is 559. The molecule has 0 aliphatic heterocycles. The minimum Gasteiger partial charge on any atom is -0.469 e. The number of carbonyl (C=O) groups excluding carboxylic acids is 1. The van der Waals surface area contributed by atoms with Crippen LogP contribution in [0, 0.1) is 5.92 Å². The second-order valence-corrected chi connectivity index (χ2v) is 6.65. The van der Waals surface area contributed by atoms with Crippen LogP contribution in [0.1, 0.15) is 6.92 Å². The molecular formula is C12H16ClNO4S. The summed E-state index contributed by atoms with van der Waals surface area (Å²) in [5.41, 5.74) is 0. The molecule has 0 aliphatic carbocycles. The van der Waals surface area contributed by atoms with Gasteiger partial charge in [0.05, 0.1) is 17.9 Å². The third-order valence-corrected chi connectivity index (χ3v) is 4.69. The molecule has 0 fully saturated rings. The lowest BCUT2D eigenvalue weighted by Crippen LogP contribution is -2.34. The van der Waals surface area contributed by atoms with Gasteiger partial charge in [-0.15, -0.1) is 0 Å². The Morgan fingerprint density at radius 1 is 1.47 bits per heavy atom. The van der Waals surface area contributed by atoms with Crippen LogP contribution in [0.2, 0.25) is 5.02 Å². The number of nitrogens with zero attached hydrogens (tertiary/aromatic N) is 1. The Labute approximate surface area is 118 Å². The Kier molecular flexibility index (Phi) is 5.34. The normalized spacial score (nSPS) is 13.3. The van der Waals surface area contributed by atoms with Gasteiger partial charge >= 0.3 is 5.97 Å². The van der Waals surface area contributed by atoms with E-state index in [1.807, 2.05) is 0 Å². The minimum atomic E-state index is -3.66. The van der Waals surface area contributed by atoms with Gasteiger partial charge < -0.3 is 4.74 Å². The van der Waals surface area contributed by atoms with Gasteiger partial charge in [-0.25, -0.2) is 12.7 Å². The second-order valence-electron chi connectivity index (χ2n) is 4.17. The Morgan fingerprint density at radius 2 is 2.11 bits per heavy atom. The first-order valence-electron chi connectivity index (χ1n) is 5.58. The number of hydrogen-bond donors (Lipinski definition) is 0. The molecule has 19 heavy (non-hydrogen) atoms. The third kappa shape index (κ3) is 3.92. The van der Waals surface area contributed by atoms with Gasteiger partial charge in [0, 0.05) is 18.6 Å². The maximum absolute atomic E-state index is 12.2. The summed E-state index contributed by atoms with van der Waals surface area (Å²) in [4.78, 5) is 11.4. The summed E-state index contributed by atoms with van der Waals surface area (Å²) < 4.78 is 30.2. The molecule has 0 saturated heterocycles. The predicted molar refractivity (Wildman–Crippen MR) is 72.4 cm³/mol. The molecule has 0 radical (unpaired) electrons. The van der Waals surface area contributed by atoms with Crippen molar-refractivity contribution in [3.05, 3.63) is 29.3 Å². The van der Waals surface area contributed by atoms with Crippen LogP contribution in [0.4, 0.5) is 0 Å². The van der Waals surface area contributed by atoms with E-state index < -0.39 is 21.9 Å². The molecule has 1 aromatic carbocycles. The van der Waals surface area contributed by atoms with Crippen molar-refractivity contribution < 1.29 is 17.9 Å². The van der Waals surface area contributed by atoms with Crippen LogP contribution in [-0.4, -0.2) is 39.4 Å². The Balaban J connectivity index is 2.92. The number of ether oxygens (including phenoxy) is 1. The van der Waals surface area contributed by atoms with E-state index in [1.165, 1.54) is 26.3 Å². The van der Waals surface area contributed by atoms with Crippen molar-refractivity contribution in [2.75, 3.05) is 20.7 Å². The molecule has 1 atom stereocenters. The number of benzene rings is 1. The molecule has 0 spiro atoms. The molecule has 0 bridgehead atoms. The Morgan fingerprint density at radius 3 is 2.63 bits per heavy atom. The van der Waals surface area contributed by atoms with Crippen LogP contribution in [0.5, 0.6) is 0 Å². The summed E-state index contributed by atoms with van der Waals surface area (Å²) in [5.74, 6) is -0.989. The Hall–Kier alpha value is -1.11. The van der Waals surface area contributed by atoms with Crippen LogP contribution in [0.3, 0.4) is 0 Å². The molecule has 1 aromatic rings. The first-order chi connectivity index (χ1) is 8.78. The predicted octanol–water partition coefficient (Wildman–Crippen LogP) is 1.77. The van der Waals surface area contributed by atoms with E-state index in [4.69, 9.17) is 11.6 Å². The monoisotopic (exact) mass is 305 g/mol. The average molecular weight is 306 g/mol. The molecule has 0 saturated carbocycles. The summed E-state index contributed by atoms with van der Waals surface area (Å²) in [6, 6.07) is 5.99. The number of sulfonamides is 1. The lowest BCUT2D eigenvalue weighted by molar-refractivity contribution is -0.144. The molecule has 0 heterocycles.